The molecular formula is C22H30N4O4. The minimum atomic E-state index is -0.820. The third kappa shape index (κ3) is 5.68. The zero-order valence-electron chi connectivity index (χ0n) is 18.1. The molecule has 1 aromatic carbocycles. The van der Waals surface area contributed by atoms with Gasteiger partial charge in [0.05, 0.1) is 6.54 Å². The van der Waals surface area contributed by atoms with Crippen LogP contribution in [-0.4, -0.2) is 66.2 Å². The Morgan fingerprint density at radius 3 is 2.33 bits per heavy atom. The summed E-state index contributed by atoms with van der Waals surface area (Å²) in [4.78, 5) is 53.8. The monoisotopic (exact) mass is 414 g/mol. The van der Waals surface area contributed by atoms with E-state index in [1.54, 1.807) is 13.0 Å². The fourth-order valence-corrected chi connectivity index (χ4v) is 3.12. The van der Waals surface area contributed by atoms with Gasteiger partial charge >= 0.3 is 0 Å². The maximum atomic E-state index is 13.3. The number of rotatable bonds is 3. The summed E-state index contributed by atoms with van der Waals surface area (Å²) in [6.45, 7) is 5.20. The third-order valence-corrected chi connectivity index (χ3v) is 5.10. The Hall–Kier alpha value is -3.16. The molecule has 4 amide bonds. The van der Waals surface area contributed by atoms with E-state index in [2.05, 4.69) is 10.6 Å². The highest BCUT2D eigenvalue weighted by atomic mass is 16.2. The Labute approximate surface area is 177 Å². The van der Waals surface area contributed by atoms with E-state index in [9.17, 15) is 19.2 Å². The van der Waals surface area contributed by atoms with E-state index >= 15 is 0 Å². The molecular weight excluding hydrogens is 384 g/mol. The van der Waals surface area contributed by atoms with E-state index in [0.29, 0.717) is 6.42 Å². The standard InChI is InChI=1S/C22H30N4O4/c1-14(2)11-17-22(30)26(5)18(12-16-9-7-6-8-10-16)21(29)23-13-19(27)25(4)15(3)20(28)24-17/h6-10,12,14-15,17H,11,13H2,1-5H3,(H,23,29)(H,24,28)/t15-,17+/m0/s1. The van der Waals surface area contributed by atoms with Crippen molar-refractivity contribution in [1.82, 2.24) is 20.4 Å². The highest BCUT2D eigenvalue weighted by Crippen LogP contribution is 2.15. The smallest absolute Gasteiger partial charge is 0.268 e. The largest absolute Gasteiger partial charge is 0.342 e. The van der Waals surface area contributed by atoms with Crippen LogP contribution in [0.2, 0.25) is 0 Å². The first kappa shape index (κ1) is 23.1. The molecule has 1 fully saturated rings. The second-order valence-electron chi connectivity index (χ2n) is 7.89. The molecule has 0 spiro atoms. The SMILES string of the molecule is CC(C)C[C@H]1NC(=O)[C@H](C)N(C)C(=O)CNC(=O)C(=Cc2ccccc2)N(C)C1=O. The van der Waals surface area contributed by atoms with Gasteiger partial charge in [-0.05, 0) is 30.9 Å². The summed E-state index contributed by atoms with van der Waals surface area (Å²) >= 11 is 0. The topological polar surface area (TPSA) is 98.8 Å². The lowest BCUT2D eigenvalue weighted by Crippen LogP contribution is -2.56. The van der Waals surface area contributed by atoms with Gasteiger partial charge in [0, 0.05) is 14.1 Å². The number of likely N-dealkylation sites (N-methyl/N-ethyl adjacent to an activating group) is 2. The second kappa shape index (κ2) is 10.0. The van der Waals surface area contributed by atoms with Crippen LogP contribution in [0.15, 0.2) is 36.0 Å². The second-order valence-corrected chi connectivity index (χ2v) is 7.89. The van der Waals surface area contributed by atoms with Gasteiger partial charge in [0.1, 0.15) is 17.8 Å². The lowest BCUT2D eigenvalue weighted by Gasteiger charge is -2.31. The van der Waals surface area contributed by atoms with Crippen molar-refractivity contribution < 1.29 is 19.2 Å². The number of hydrogen-bond donors (Lipinski definition) is 2. The molecule has 1 saturated heterocycles. The summed E-state index contributed by atoms with van der Waals surface area (Å²) in [6.07, 6.45) is 1.99. The van der Waals surface area contributed by atoms with Gasteiger partial charge in [-0.15, -0.1) is 0 Å². The molecule has 8 nitrogen and oxygen atoms in total. The van der Waals surface area contributed by atoms with Crippen molar-refractivity contribution in [2.75, 3.05) is 20.6 Å². The predicted molar refractivity (Wildman–Crippen MR) is 114 cm³/mol. The van der Waals surface area contributed by atoms with Crippen LogP contribution in [0.3, 0.4) is 0 Å². The molecule has 162 valence electrons. The average molecular weight is 415 g/mol. The van der Waals surface area contributed by atoms with Crippen LogP contribution in [-0.2, 0) is 19.2 Å². The molecule has 8 heteroatoms. The first-order valence-corrected chi connectivity index (χ1v) is 10.00. The van der Waals surface area contributed by atoms with Gasteiger partial charge in [0.15, 0.2) is 0 Å². The van der Waals surface area contributed by atoms with Crippen LogP contribution < -0.4 is 10.6 Å². The lowest BCUT2D eigenvalue weighted by atomic mass is 10.0. The highest BCUT2D eigenvalue weighted by molar-refractivity contribution is 6.04. The maximum absolute atomic E-state index is 13.3. The highest BCUT2D eigenvalue weighted by Gasteiger charge is 2.32. The molecule has 0 saturated carbocycles. The molecule has 0 bridgehead atoms. The van der Waals surface area contributed by atoms with Crippen LogP contribution in [0.4, 0.5) is 0 Å². The van der Waals surface area contributed by atoms with E-state index in [1.807, 2.05) is 44.2 Å². The Bertz CT molecular complexity index is 835. The minimum Gasteiger partial charge on any atom is -0.342 e. The molecule has 1 heterocycles. The number of hydrogen-bond acceptors (Lipinski definition) is 4. The van der Waals surface area contributed by atoms with Crippen molar-refractivity contribution in [2.45, 2.75) is 39.3 Å². The molecule has 2 atom stereocenters. The minimum absolute atomic E-state index is 0.0956. The number of nitrogens with zero attached hydrogens (tertiary/aromatic N) is 2. The van der Waals surface area contributed by atoms with Crippen molar-refractivity contribution >= 4 is 29.7 Å². The van der Waals surface area contributed by atoms with Crippen molar-refractivity contribution in [3.63, 3.8) is 0 Å². The summed E-state index contributed by atoms with van der Waals surface area (Å²) in [7, 11) is 3.00. The molecule has 2 N–H and O–H groups in total. The van der Waals surface area contributed by atoms with Gasteiger partial charge < -0.3 is 20.4 Å². The van der Waals surface area contributed by atoms with E-state index in [-0.39, 0.29) is 18.2 Å². The summed E-state index contributed by atoms with van der Waals surface area (Å²) in [5, 5.41) is 5.33. The summed E-state index contributed by atoms with van der Waals surface area (Å²) in [5.41, 5.74) is 0.828. The number of carbonyl (C=O) groups is 4. The van der Waals surface area contributed by atoms with E-state index in [4.69, 9.17) is 0 Å². The van der Waals surface area contributed by atoms with Crippen LogP contribution in [0.5, 0.6) is 0 Å². The van der Waals surface area contributed by atoms with Crippen LogP contribution >= 0.6 is 0 Å². The van der Waals surface area contributed by atoms with E-state index in [1.165, 1.54) is 23.9 Å². The van der Waals surface area contributed by atoms with Gasteiger partial charge in [0.2, 0.25) is 17.7 Å². The number of nitrogens with one attached hydrogen (secondary N) is 2. The van der Waals surface area contributed by atoms with Crippen molar-refractivity contribution in [1.29, 1.82) is 0 Å². The first-order valence-electron chi connectivity index (χ1n) is 10.00. The predicted octanol–water partition coefficient (Wildman–Crippen LogP) is 0.994. The van der Waals surface area contributed by atoms with Gasteiger partial charge in [-0.2, -0.15) is 0 Å². The van der Waals surface area contributed by atoms with Crippen molar-refractivity contribution in [3.05, 3.63) is 41.6 Å². The third-order valence-electron chi connectivity index (χ3n) is 5.10. The molecule has 1 aliphatic heterocycles. The molecule has 30 heavy (non-hydrogen) atoms. The van der Waals surface area contributed by atoms with Crippen LogP contribution in [0.1, 0.15) is 32.8 Å². The van der Waals surface area contributed by atoms with Gasteiger partial charge in [-0.1, -0.05) is 44.2 Å². The Kier molecular flexibility index (Phi) is 7.74. The summed E-state index contributed by atoms with van der Waals surface area (Å²) in [5.74, 6) is -1.63. The van der Waals surface area contributed by atoms with Gasteiger partial charge in [-0.25, -0.2) is 0 Å². The Morgan fingerprint density at radius 2 is 1.73 bits per heavy atom. The molecule has 0 aromatic heterocycles. The number of carbonyl (C=O) groups excluding carboxylic acids is 4. The summed E-state index contributed by atoms with van der Waals surface area (Å²) in [6, 6.07) is 7.51. The fourth-order valence-electron chi connectivity index (χ4n) is 3.12. The molecule has 0 aliphatic carbocycles. The molecule has 0 unspecified atom stereocenters. The van der Waals surface area contributed by atoms with Crippen molar-refractivity contribution in [2.24, 2.45) is 5.92 Å². The Morgan fingerprint density at radius 1 is 1.10 bits per heavy atom. The molecule has 0 radical (unpaired) electrons. The maximum Gasteiger partial charge on any atom is 0.268 e. The van der Waals surface area contributed by atoms with Gasteiger partial charge in [0.25, 0.3) is 5.91 Å². The van der Waals surface area contributed by atoms with Crippen LogP contribution in [0.25, 0.3) is 6.08 Å². The van der Waals surface area contributed by atoms with E-state index in [0.717, 1.165) is 5.56 Å². The van der Waals surface area contributed by atoms with Crippen molar-refractivity contribution in [3.8, 4) is 0 Å². The molecule has 2 rings (SSSR count). The average Bonchev–Trinajstić information content (AvgIpc) is 2.72. The zero-order valence-corrected chi connectivity index (χ0v) is 18.1. The molecule has 1 aliphatic rings. The molecule has 1 aromatic rings. The number of amides is 4. The lowest BCUT2D eigenvalue weighted by molar-refractivity contribution is -0.142. The number of benzene rings is 1. The van der Waals surface area contributed by atoms with E-state index < -0.39 is 35.7 Å². The zero-order chi connectivity index (χ0) is 22.4. The first-order chi connectivity index (χ1) is 14.1. The summed E-state index contributed by atoms with van der Waals surface area (Å²) < 4.78 is 0. The normalized spacial score (nSPS) is 23.2. The Balaban J connectivity index is 2.49. The fraction of sp³-hybridized carbons (Fsp3) is 0.455. The van der Waals surface area contributed by atoms with Crippen LogP contribution in [0, 0.1) is 5.92 Å². The quantitative estimate of drug-likeness (QED) is 0.721. The van der Waals surface area contributed by atoms with Gasteiger partial charge in [-0.3, -0.25) is 19.2 Å².